The first-order valence-corrected chi connectivity index (χ1v) is 7.39. The molecule has 6 heteroatoms. The van der Waals surface area contributed by atoms with Gasteiger partial charge >= 0.3 is 0 Å². The van der Waals surface area contributed by atoms with Crippen LogP contribution in [0.3, 0.4) is 0 Å². The van der Waals surface area contributed by atoms with Crippen molar-refractivity contribution in [1.29, 1.82) is 0 Å². The molecular formula is C15H20FN5. The summed E-state index contributed by atoms with van der Waals surface area (Å²) in [5, 5.41) is 12.0. The van der Waals surface area contributed by atoms with E-state index in [1.165, 1.54) is 12.5 Å². The van der Waals surface area contributed by atoms with E-state index in [0.717, 1.165) is 24.3 Å². The monoisotopic (exact) mass is 289 g/mol. The normalized spacial score (nSPS) is 26.0. The molecule has 3 unspecified atom stereocenters. The second kappa shape index (κ2) is 5.42. The van der Waals surface area contributed by atoms with Crippen molar-refractivity contribution in [2.24, 2.45) is 11.8 Å². The van der Waals surface area contributed by atoms with Crippen LogP contribution in [0.15, 0.2) is 18.2 Å². The van der Waals surface area contributed by atoms with Crippen molar-refractivity contribution in [3.05, 3.63) is 24.0 Å². The van der Waals surface area contributed by atoms with Gasteiger partial charge in [-0.25, -0.2) is 9.07 Å². The molecule has 0 saturated heterocycles. The number of aromatic nitrogens is 4. The summed E-state index contributed by atoms with van der Waals surface area (Å²) >= 11 is 0. The molecule has 0 aliphatic heterocycles. The number of halogens is 1. The number of nitrogens with zero attached hydrogens (tertiary/aromatic N) is 4. The third kappa shape index (κ3) is 2.62. The highest BCUT2D eigenvalue weighted by molar-refractivity contribution is 5.61. The largest absolute Gasteiger partial charge is 0.396 e. The molecule has 1 aliphatic carbocycles. The summed E-state index contributed by atoms with van der Waals surface area (Å²) in [6, 6.07) is 4.91. The molecule has 1 aromatic carbocycles. The van der Waals surface area contributed by atoms with E-state index in [4.69, 9.17) is 5.73 Å². The molecule has 0 radical (unpaired) electrons. The zero-order valence-electron chi connectivity index (χ0n) is 12.3. The molecule has 21 heavy (non-hydrogen) atoms. The van der Waals surface area contributed by atoms with Gasteiger partial charge in [0.2, 0.25) is 0 Å². The lowest BCUT2D eigenvalue weighted by atomic mass is 9.79. The fourth-order valence-electron chi connectivity index (χ4n) is 3.05. The molecule has 112 valence electrons. The Balaban J connectivity index is 1.92. The van der Waals surface area contributed by atoms with E-state index in [-0.39, 0.29) is 5.69 Å². The van der Waals surface area contributed by atoms with Gasteiger partial charge in [0.1, 0.15) is 5.82 Å². The first-order valence-electron chi connectivity index (χ1n) is 7.39. The van der Waals surface area contributed by atoms with Crippen LogP contribution in [0, 0.1) is 17.7 Å². The topological polar surface area (TPSA) is 69.6 Å². The molecule has 3 rings (SSSR count). The van der Waals surface area contributed by atoms with Crippen LogP contribution in [-0.2, 0) is 0 Å². The Morgan fingerprint density at radius 3 is 2.76 bits per heavy atom. The van der Waals surface area contributed by atoms with Gasteiger partial charge in [-0.1, -0.05) is 13.8 Å². The molecule has 2 aromatic rings. The smallest absolute Gasteiger partial charge is 0.182 e. The van der Waals surface area contributed by atoms with Crippen LogP contribution >= 0.6 is 0 Å². The molecule has 1 aliphatic rings. The average Bonchev–Trinajstić information content (AvgIpc) is 2.94. The first kappa shape index (κ1) is 14.0. The third-order valence-corrected chi connectivity index (χ3v) is 4.66. The molecule has 0 spiro atoms. The second-order valence-corrected chi connectivity index (χ2v) is 6.10. The van der Waals surface area contributed by atoms with Crippen LogP contribution in [-0.4, -0.2) is 20.2 Å². The van der Waals surface area contributed by atoms with Crippen molar-refractivity contribution in [2.45, 2.75) is 39.2 Å². The summed E-state index contributed by atoms with van der Waals surface area (Å²) in [5.74, 6) is 1.63. The second-order valence-electron chi connectivity index (χ2n) is 6.10. The van der Waals surface area contributed by atoms with E-state index in [1.807, 2.05) is 4.68 Å². The number of rotatable bonds is 2. The summed E-state index contributed by atoms with van der Waals surface area (Å²) in [6.07, 6.45) is 3.31. The molecule has 0 amide bonds. The zero-order chi connectivity index (χ0) is 15.0. The lowest BCUT2D eigenvalue weighted by Crippen LogP contribution is -2.24. The SMILES string of the molecule is CC1CCC(n2nnnc2-c2ccc(F)c(N)c2)CC1C. The number of nitrogen functional groups attached to an aromatic ring is 1. The maximum atomic E-state index is 13.3. The Bertz CT molecular complexity index is 639. The minimum atomic E-state index is -0.419. The molecule has 2 N–H and O–H groups in total. The van der Waals surface area contributed by atoms with Crippen LogP contribution in [0.1, 0.15) is 39.2 Å². The minimum absolute atomic E-state index is 0.118. The van der Waals surface area contributed by atoms with E-state index in [1.54, 1.807) is 12.1 Å². The van der Waals surface area contributed by atoms with Crippen molar-refractivity contribution in [2.75, 3.05) is 5.73 Å². The van der Waals surface area contributed by atoms with Gasteiger partial charge < -0.3 is 5.73 Å². The lowest BCUT2D eigenvalue weighted by Gasteiger charge is -2.32. The Morgan fingerprint density at radius 2 is 2.05 bits per heavy atom. The average molecular weight is 289 g/mol. The van der Waals surface area contributed by atoms with Gasteiger partial charge in [0, 0.05) is 5.56 Å². The van der Waals surface area contributed by atoms with E-state index in [0.29, 0.717) is 17.8 Å². The summed E-state index contributed by atoms with van der Waals surface area (Å²) in [6.45, 7) is 4.57. The number of hydrogen-bond acceptors (Lipinski definition) is 4. The van der Waals surface area contributed by atoms with Gasteiger partial charge in [0.25, 0.3) is 0 Å². The number of nitrogens with two attached hydrogens (primary N) is 1. The van der Waals surface area contributed by atoms with Gasteiger partial charge in [0.05, 0.1) is 11.7 Å². The lowest BCUT2D eigenvalue weighted by molar-refractivity contribution is 0.200. The minimum Gasteiger partial charge on any atom is -0.396 e. The van der Waals surface area contributed by atoms with Crippen molar-refractivity contribution >= 4 is 5.69 Å². The summed E-state index contributed by atoms with van der Waals surface area (Å²) in [5.41, 5.74) is 6.52. The highest BCUT2D eigenvalue weighted by atomic mass is 19.1. The highest BCUT2D eigenvalue weighted by Gasteiger charge is 2.28. The van der Waals surface area contributed by atoms with Gasteiger partial charge in [-0.2, -0.15) is 0 Å². The molecular weight excluding hydrogens is 269 g/mol. The Labute approximate surface area is 123 Å². The maximum Gasteiger partial charge on any atom is 0.182 e. The predicted octanol–water partition coefficient (Wildman–Crippen LogP) is 3.06. The van der Waals surface area contributed by atoms with Gasteiger partial charge in [-0.05, 0) is 59.7 Å². The standard InChI is InChI=1S/C15H20FN5/c1-9-3-5-12(7-10(9)2)21-15(18-19-20-21)11-4-6-13(16)14(17)8-11/h4,6,8-10,12H,3,5,7,17H2,1-2H3. The Morgan fingerprint density at radius 1 is 1.24 bits per heavy atom. The van der Waals surface area contributed by atoms with E-state index < -0.39 is 5.82 Å². The van der Waals surface area contributed by atoms with E-state index in [9.17, 15) is 4.39 Å². The number of hydrogen-bond donors (Lipinski definition) is 1. The molecule has 0 bridgehead atoms. The van der Waals surface area contributed by atoms with Crippen LogP contribution in [0.4, 0.5) is 10.1 Å². The molecule has 1 fully saturated rings. The Hall–Kier alpha value is -1.98. The third-order valence-electron chi connectivity index (χ3n) is 4.66. The summed E-state index contributed by atoms with van der Waals surface area (Å²) in [4.78, 5) is 0. The summed E-state index contributed by atoms with van der Waals surface area (Å²) in [7, 11) is 0. The zero-order valence-corrected chi connectivity index (χ0v) is 12.3. The quantitative estimate of drug-likeness (QED) is 0.863. The van der Waals surface area contributed by atoms with Crippen LogP contribution in [0.5, 0.6) is 0 Å². The van der Waals surface area contributed by atoms with Gasteiger partial charge in [-0.15, -0.1) is 5.10 Å². The van der Waals surface area contributed by atoms with Crippen molar-refractivity contribution in [3.8, 4) is 11.4 Å². The molecule has 3 atom stereocenters. The highest BCUT2D eigenvalue weighted by Crippen LogP contribution is 2.37. The van der Waals surface area contributed by atoms with Crippen LogP contribution in [0.25, 0.3) is 11.4 Å². The fraction of sp³-hybridized carbons (Fsp3) is 0.533. The summed E-state index contributed by atoms with van der Waals surface area (Å²) < 4.78 is 15.2. The molecule has 5 nitrogen and oxygen atoms in total. The molecule has 1 heterocycles. The van der Waals surface area contributed by atoms with E-state index in [2.05, 4.69) is 29.4 Å². The predicted molar refractivity (Wildman–Crippen MR) is 78.8 cm³/mol. The maximum absolute atomic E-state index is 13.3. The van der Waals surface area contributed by atoms with Crippen molar-refractivity contribution in [3.63, 3.8) is 0 Å². The van der Waals surface area contributed by atoms with Crippen molar-refractivity contribution < 1.29 is 4.39 Å². The number of tetrazole rings is 1. The van der Waals surface area contributed by atoms with Crippen molar-refractivity contribution in [1.82, 2.24) is 20.2 Å². The Kier molecular flexibility index (Phi) is 3.61. The van der Waals surface area contributed by atoms with Crippen LogP contribution < -0.4 is 5.73 Å². The number of anilines is 1. The van der Waals surface area contributed by atoms with Gasteiger partial charge in [-0.3, -0.25) is 0 Å². The van der Waals surface area contributed by atoms with E-state index >= 15 is 0 Å². The number of benzene rings is 1. The van der Waals surface area contributed by atoms with Crippen LogP contribution in [0.2, 0.25) is 0 Å². The van der Waals surface area contributed by atoms with Gasteiger partial charge in [0.15, 0.2) is 5.82 Å². The first-order chi connectivity index (χ1) is 10.1. The molecule has 1 aromatic heterocycles. The molecule has 1 saturated carbocycles. The fourth-order valence-corrected chi connectivity index (χ4v) is 3.05.